The van der Waals surface area contributed by atoms with Crippen LogP contribution in [0.1, 0.15) is 0 Å². The van der Waals surface area contributed by atoms with Gasteiger partial charge in [-0.3, -0.25) is 0 Å². The quantitative estimate of drug-likeness (QED) is 0.357. The van der Waals surface area contributed by atoms with Crippen LogP contribution < -0.4 is 0 Å². The zero-order valence-electron chi connectivity index (χ0n) is 6.79. The minimum Gasteiger partial charge on any atom is -0.399 e. The van der Waals surface area contributed by atoms with Gasteiger partial charge in [0.2, 0.25) is 0 Å². The predicted octanol–water partition coefficient (Wildman–Crippen LogP) is -0.644. The van der Waals surface area contributed by atoms with Crippen molar-refractivity contribution < 1.29 is 4.84 Å². The molecule has 4 heteroatoms. The fraction of sp³-hybridized carbons (Fsp3) is 0.833. The van der Waals surface area contributed by atoms with Gasteiger partial charge in [-0.2, -0.15) is 0 Å². The van der Waals surface area contributed by atoms with Crippen LogP contribution in [0.5, 0.6) is 0 Å². The Labute approximate surface area is 62.4 Å². The molecule has 10 heavy (non-hydrogen) atoms. The van der Waals surface area contributed by atoms with Crippen LogP contribution in [-0.2, 0) is 4.84 Å². The Balaban J connectivity index is 2.54. The largest absolute Gasteiger partial charge is 0.399 e. The highest BCUT2D eigenvalue weighted by Gasteiger charge is 2.22. The number of hydrogen-bond donors (Lipinski definition) is 0. The molecule has 1 unspecified atom stereocenters. The molecule has 0 N–H and O–H groups in total. The molecule has 0 spiro atoms. The lowest BCUT2D eigenvalue weighted by Gasteiger charge is -2.02. The monoisotopic (exact) mass is 140 g/mol. The van der Waals surface area contributed by atoms with Gasteiger partial charge >= 0.3 is 0 Å². The second-order valence-electron chi connectivity index (χ2n) is 2.86. The Bertz CT molecular complexity index is 149. The molecule has 0 aromatic heterocycles. The van der Waals surface area contributed by atoms with Crippen LogP contribution in [0.15, 0.2) is 5.16 Å². The van der Waals surface area contributed by atoms with Crippen molar-refractivity contribution >= 4 is 13.6 Å². The number of likely N-dealkylation sites (tertiary alicyclic amines) is 1. The first-order chi connectivity index (χ1) is 4.74. The summed E-state index contributed by atoms with van der Waals surface area (Å²) in [5.74, 6) is 0.560. The van der Waals surface area contributed by atoms with Crippen LogP contribution in [0.4, 0.5) is 0 Å². The molecule has 1 heterocycles. The van der Waals surface area contributed by atoms with E-state index in [-0.39, 0.29) is 0 Å². The third-order valence-corrected chi connectivity index (χ3v) is 1.79. The molecule has 0 amide bonds. The van der Waals surface area contributed by atoms with Crippen molar-refractivity contribution in [3.63, 3.8) is 0 Å². The van der Waals surface area contributed by atoms with Crippen molar-refractivity contribution in [1.29, 1.82) is 0 Å². The molecule has 1 aliphatic rings. The minimum atomic E-state index is 0.560. The van der Waals surface area contributed by atoms with Crippen molar-refractivity contribution in [2.75, 3.05) is 27.2 Å². The van der Waals surface area contributed by atoms with E-state index in [1.807, 2.05) is 0 Å². The molecule has 0 aliphatic carbocycles. The van der Waals surface area contributed by atoms with Crippen molar-refractivity contribution in [2.45, 2.75) is 5.82 Å². The number of hydrogen-bond acceptors (Lipinski definition) is 3. The maximum Gasteiger partial charge on any atom is 0.114 e. The maximum absolute atomic E-state index is 4.71. The summed E-state index contributed by atoms with van der Waals surface area (Å²) in [6, 6.07) is 0. The maximum atomic E-state index is 4.71. The summed E-state index contributed by atoms with van der Waals surface area (Å²) in [5, 5.41) is 3.93. The van der Waals surface area contributed by atoms with E-state index < -0.39 is 0 Å². The standard InChI is InChI=1S/C6H13BN2O/c1-9-3-5(7)6(4-9)8-10-2/h5H,3-4,7H2,1-2H3. The van der Waals surface area contributed by atoms with Gasteiger partial charge in [0.1, 0.15) is 15.0 Å². The van der Waals surface area contributed by atoms with Gasteiger partial charge in [-0.25, -0.2) is 0 Å². The van der Waals surface area contributed by atoms with Crippen LogP contribution >= 0.6 is 0 Å². The second-order valence-corrected chi connectivity index (χ2v) is 2.86. The fourth-order valence-corrected chi connectivity index (χ4v) is 1.31. The summed E-state index contributed by atoms with van der Waals surface area (Å²) in [6.07, 6.45) is 0. The average molecular weight is 140 g/mol. The lowest BCUT2D eigenvalue weighted by Crippen LogP contribution is -2.13. The SMILES string of the molecule is BC1CN(C)CC1=NOC. The molecule has 1 atom stereocenters. The van der Waals surface area contributed by atoms with Crippen LogP contribution in [0.3, 0.4) is 0 Å². The molecule has 0 aromatic rings. The number of oxime groups is 1. The van der Waals surface area contributed by atoms with E-state index in [9.17, 15) is 0 Å². The molecule has 3 nitrogen and oxygen atoms in total. The van der Waals surface area contributed by atoms with Gasteiger partial charge < -0.3 is 9.74 Å². The van der Waals surface area contributed by atoms with Gasteiger partial charge in [0.15, 0.2) is 0 Å². The van der Waals surface area contributed by atoms with Crippen LogP contribution in [-0.4, -0.2) is 45.7 Å². The highest BCUT2D eigenvalue weighted by atomic mass is 16.6. The molecule has 1 aliphatic heterocycles. The molecular formula is C6H13BN2O. The van der Waals surface area contributed by atoms with Crippen molar-refractivity contribution in [1.82, 2.24) is 4.90 Å². The van der Waals surface area contributed by atoms with E-state index in [4.69, 9.17) is 4.84 Å². The van der Waals surface area contributed by atoms with E-state index in [1.54, 1.807) is 7.11 Å². The lowest BCUT2D eigenvalue weighted by molar-refractivity contribution is 0.212. The van der Waals surface area contributed by atoms with E-state index >= 15 is 0 Å². The Kier molecular flexibility index (Phi) is 2.32. The number of nitrogens with zero attached hydrogens (tertiary/aromatic N) is 2. The molecule has 0 saturated carbocycles. The average Bonchev–Trinajstić information content (AvgIpc) is 2.13. The normalized spacial score (nSPS) is 31.4. The fourth-order valence-electron chi connectivity index (χ4n) is 1.31. The summed E-state index contributed by atoms with van der Waals surface area (Å²) < 4.78 is 0. The number of rotatable bonds is 1. The van der Waals surface area contributed by atoms with Crippen molar-refractivity contribution in [3.05, 3.63) is 0 Å². The van der Waals surface area contributed by atoms with Gasteiger partial charge in [0.25, 0.3) is 0 Å². The summed E-state index contributed by atoms with van der Waals surface area (Å²) in [6.45, 7) is 2.05. The molecule has 0 aromatic carbocycles. The first-order valence-corrected chi connectivity index (χ1v) is 3.52. The zero-order chi connectivity index (χ0) is 7.56. The molecule has 1 rings (SSSR count). The Morgan fingerprint density at radius 1 is 1.80 bits per heavy atom. The predicted molar refractivity (Wildman–Crippen MR) is 44.2 cm³/mol. The summed E-state index contributed by atoms with van der Waals surface area (Å²) in [7, 11) is 5.86. The van der Waals surface area contributed by atoms with Crippen LogP contribution in [0, 0.1) is 0 Å². The zero-order valence-corrected chi connectivity index (χ0v) is 6.79. The van der Waals surface area contributed by atoms with Gasteiger partial charge in [-0.15, -0.1) is 0 Å². The third-order valence-electron chi connectivity index (χ3n) is 1.79. The molecule has 0 radical (unpaired) electrons. The smallest absolute Gasteiger partial charge is 0.114 e. The molecule has 1 fully saturated rings. The lowest BCUT2D eigenvalue weighted by atomic mass is 9.86. The van der Waals surface area contributed by atoms with E-state index in [0.29, 0.717) is 5.82 Å². The second kappa shape index (κ2) is 3.06. The van der Waals surface area contributed by atoms with E-state index in [1.165, 1.54) is 0 Å². The van der Waals surface area contributed by atoms with E-state index in [2.05, 4.69) is 24.9 Å². The van der Waals surface area contributed by atoms with Gasteiger partial charge in [0.05, 0.1) is 5.71 Å². The Morgan fingerprint density at radius 2 is 2.50 bits per heavy atom. The molecule has 56 valence electrons. The molecular weight excluding hydrogens is 127 g/mol. The van der Waals surface area contributed by atoms with Gasteiger partial charge in [-0.05, 0) is 19.4 Å². The molecule has 1 saturated heterocycles. The first-order valence-electron chi connectivity index (χ1n) is 3.52. The van der Waals surface area contributed by atoms with Crippen molar-refractivity contribution in [3.8, 4) is 0 Å². The summed E-state index contributed by atoms with van der Waals surface area (Å²) in [4.78, 5) is 6.94. The summed E-state index contributed by atoms with van der Waals surface area (Å²) >= 11 is 0. The van der Waals surface area contributed by atoms with Gasteiger partial charge in [0, 0.05) is 6.54 Å². The highest BCUT2D eigenvalue weighted by molar-refractivity contribution is 6.26. The van der Waals surface area contributed by atoms with Crippen LogP contribution in [0.2, 0.25) is 5.82 Å². The van der Waals surface area contributed by atoms with Crippen LogP contribution in [0.25, 0.3) is 0 Å². The van der Waals surface area contributed by atoms with E-state index in [0.717, 1.165) is 18.8 Å². The topological polar surface area (TPSA) is 24.8 Å². The molecule has 0 bridgehead atoms. The summed E-state index contributed by atoms with van der Waals surface area (Å²) in [5.41, 5.74) is 1.16. The first kappa shape index (κ1) is 7.60. The third kappa shape index (κ3) is 1.50. The highest BCUT2D eigenvalue weighted by Crippen LogP contribution is 2.13. The Hall–Kier alpha value is -0.505. The Morgan fingerprint density at radius 3 is 2.90 bits per heavy atom. The van der Waals surface area contributed by atoms with Gasteiger partial charge in [-0.1, -0.05) is 5.16 Å². The minimum absolute atomic E-state index is 0.560. The van der Waals surface area contributed by atoms with Crippen molar-refractivity contribution in [2.24, 2.45) is 5.16 Å².